The van der Waals surface area contributed by atoms with Crippen molar-refractivity contribution in [3.8, 4) is 0 Å². The third kappa shape index (κ3) is 4.17. The number of thioether (sulfide) groups is 1. The van der Waals surface area contributed by atoms with Gasteiger partial charge in [0, 0.05) is 35.7 Å². The number of methoxy groups -OCH3 is 1. The zero-order chi connectivity index (χ0) is 11.1. The Labute approximate surface area is 93.8 Å². The summed E-state index contributed by atoms with van der Waals surface area (Å²) in [6.07, 6.45) is 3.44. The van der Waals surface area contributed by atoms with Crippen LogP contribution in [0.5, 0.6) is 0 Å². The summed E-state index contributed by atoms with van der Waals surface area (Å²) in [5, 5.41) is 9.16. The molecule has 4 nitrogen and oxygen atoms in total. The van der Waals surface area contributed by atoms with E-state index in [1.54, 1.807) is 31.3 Å². The van der Waals surface area contributed by atoms with Gasteiger partial charge in [0.25, 0.3) is 0 Å². The Balaban J connectivity index is 2.53. The Morgan fingerprint density at radius 1 is 1.53 bits per heavy atom. The molecule has 2 atom stereocenters. The Kier molecular flexibility index (Phi) is 5.63. The number of hydrogen-bond acceptors (Lipinski definition) is 5. The van der Waals surface area contributed by atoms with Crippen LogP contribution in [0, 0.1) is 0 Å². The highest BCUT2D eigenvalue weighted by Gasteiger charge is 2.17. The Morgan fingerprint density at radius 3 is 2.73 bits per heavy atom. The molecule has 1 rings (SSSR count). The van der Waals surface area contributed by atoms with E-state index >= 15 is 0 Å². The van der Waals surface area contributed by atoms with E-state index in [1.807, 2.05) is 12.1 Å². The van der Waals surface area contributed by atoms with Gasteiger partial charge in [0.1, 0.15) is 0 Å². The maximum absolute atomic E-state index is 9.21. The monoisotopic (exact) mass is 228 g/mol. The summed E-state index contributed by atoms with van der Waals surface area (Å²) in [4.78, 5) is 4.98. The molecular weight excluding hydrogens is 212 g/mol. The van der Waals surface area contributed by atoms with Gasteiger partial charge in [0.05, 0.1) is 13.2 Å². The first-order chi connectivity index (χ1) is 7.27. The van der Waals surface area contributed by atoms with E-state index in [1.165, 1.54) is 0 Å². The number of aromatic nitrogens is 1. The average Bonchev–Trinajstić information content (AvgIpc) is 2.27. The predicted molar refractivity (Wildman–Crippen MR) is 60.8 cm³/mol. The van der Waals surface area contributed by atoms with Crippen LogP contribution in [-0.2, 0) is 4.74 Å². The van der Waals surface area contributed by atoms with Crippen LogP contribution in [0.3, 0.4) is 0 Å². The van der Waals surface area contributed by atoms with Crippen LogP contribution in [0.2, 0.25) is 0 Å². The smallest absolute Gasteiger partial charge is 0.0625 e. The number of nitrogens with zero attached hydrogens (tertiary/aromatic N) is 1. The Bertz CT molecular complexity index is 271. The predicted octanol–water partition coefficient (Wildman–Crippen LogP) is 0.508. The second-order valence-corrected chi connectivity index (χ2v) is 4.45. The highest BCUT2D eigenvalue weighted by atomic mass is 32.2. The second-order valence-electron chi connectivity index (χ2n) is 3.14. The number of aliphatic hydroxyl groups is 1. The topological polar surface area (TPSA) is 68.4 Å². The molecule has 0 saturated carbocycles. The molecule has 84 valence electrons. The number of aliphatic hydroxyl groups excluding tert-OH is 1. The van der Waals surface area contributed by atoms with Crippen molar-refractivity contribution in [3.05, 3.63) is 24.5 Å². The van der Waals surface area contributed by atoms with Gasteiger partial charge in [-0.15, -0.1) is 11.8 Å². The number of pyridine rings is 1. The number of nitrogens with two attached hydrogens (primary N) is 1. The van der Waals surface area contributed by atoms with Crippen LogP contribution in [0.4, 0.5) is 0 Å². The quantitative estimate of drug-likeness (QED) is 0.694. The maximum Gasteiger partial charge on any atom is 0.0625 e. The summed E-state index contributed by atoms with van der Waals surface area (Å²) < 4.78 is 4.96. The van der Waals surface area contributed by atoms with Gasteiger partial charge in [0.15, 0.2) is 0 Å². The fourth-order valence-electron chi connectivity index (χ4n) is 1.15. The van der Waals surface area contributed by atoms with Crippen molar-refractivity contribution in [1.82, 2.24) is 4.98 Å². The summed E-state index contributed by atoms with van der Waals surface area (Å²) in [7, 11) is 1.60. The fourth-order valence-corrected chi connectivity index (χ4v) is 2.11. The van der Waals surface area contributed by atoms with E-state index in [0.29, 0.717) is 6.61 Å². The van der Waals surface area contributed by atoms with Crippen molar-refractivity contribution in [2.75, 3.05) is 20.3 Å². The molecule has 1 aromatic heterocycles. The Morgan fingerprint density at radius 2 is 2.20 bits per heavy atom. The molecule has 15 heavy (non-hydrogen) atoms. The summed E-state index contributed by atoms with van der Waals surface area (Å²) in [5.41, 5.74) is 5.87. The van der Waals surface area contributed by atoms with E-state index in [2.05, 4.69) is 4.98 Å². The highest BCUT2D eigenvalue weighted by Crippen LogP contribution is 2.23. The lowest BCUT2D eigenvalue weighted by Gasteiger charge is -2.20. The van der Waals surface area contributed by atoms with Gasteiger partial charge in [-0.25, -0.2) is 0 Å². The minimum Gasteiger partial charge on any atom is -0.395 e. The van der Waals surface area contributed by atoms with Gasteiger partial charge in [-0.1, -0.05) is 0 Å². The zero-order valence-corrected chi connectivity index (χ0v) is 9.48. The third-order valence-corrected chi connectivity index (χ3v) is 3.30. The van der Waals surface area contributed by atoms with Gasteiger partial charge in [0.2, 0.25) is 0 Å². The summed E-state index contributed by atoms with van der Waals surface area (Å²) in [6, 6.07) is 3.62. The normalized spacial score (nSPS) is 14.9. The van der Waals surface area contributed by atoms with Gasteiger partial charge < -0.3 is 15.6 Å². The van der Waals surface area contributed by atoms with E-state index in [-0.39, 0.29) is 17.9 Å². The van der Waals surface area contributed by atoms with Gasteiger partial charge in [-0.05, 0) is 12.1 Å². The maximum atomic E-state index is 9.21. The molecule has 0 fully saturated rings. The largest absolute Gasteiger partial charge is 0.395 e. The molecule has 0 amide bonds. The third-order valence-electron chi connectivity index (χ3n) is 1.95. The molecule has 0 radical (unpaired) electrons. The first-order valence-electron chi connectivity index (χ1n) is 4.70. The van der Waals surface area contributed by atoms with Crippen LogP contribution < -0.4 is 5.73 Å². The molecule has 0 saturated heterocycles. The minimum absolute atomic E-state index is 0.0392. The van der Waals surface area contributed by atoms with E-state index in [4.69, 9.17) is 10.5 Å². The second kappa shape index (κ2) is 6.79. The molecular formula is C10H16N2O2S. The van der Waals surface area contributed by atoms with Crippen molar-refractivity contribution >= 4 is 11.8 Å². The first-order valence-corrected chi connectivity index (χ1v) is 5.58. The van der Waals surface area contributed by atoms with Crippen LogP contribution in [0.15, 0.2) is 29.4 Å². The summed E-state index contributed by atoms with van der Waals surface area (Å²) in [6.45, 7) is 0.487. The SMILES string of the molecule is COCC(N)C(CO)Sc1ccncc1. The lowest BCUT2D eigenvalue weighted by Crippen LogP contribution is -2.38. The fraction of sp³-hybridized carbons (Fsp3) is 0.500. The molecule has 0 aliphatic rings. The van der Waals surface area contributed by atoms with Gasteiger partial charge >= 0.3 is 0 Å². The van der Waals surface area contributed by atoms with E-state index < -0.39 is 0 Å². The molecule has 0 spiro atoms. The first kappa shape index (κ1) is 12.4. The molecule has 3 N–H and O–H groups in total. The van der Waals surface area contributed by atoms with Crippen molar-refractivity contribution < 1.29 is 9.84 Å². The van der Waals surface area contributed by atoms with Crippen molar-refractivity contribution in [2.24, 2.45) is 5.73 Å². The molecule has 2 unspecified atom stereocenters. The van der Waals surface area contributed by atoms with Gasteiger partial charge in [-0.3, -0.25) is 4.98 Å². The summed E-state index contributed by atoms with van der Waals surface area (Å²) in [5.74, 6) is 0. The van der Waals surface area contributed by atoms with Crippen molar-refractivity contribution in [2.45, 2.75) is 16.2 Å². The molecule has 0 aliphatic heterocycles. The number of rotatable bonds is 6. The summed E-state index contributed by atoms with van der Waals surface area (Å²) >= 11 is 1.54. The standard InChI is InChI=1S/C10H16N2O2S/c1-14-7-9(11)10(6-13)15-8-2-4-12-5-3-8/h2-5,9-10,13H,6-7,11H2,1H3. The molecule has 1 heterocycles. The highest BCUT2D eigenvalue weighted by molar-refractivity contribution is 8.00. The Hall–Kier alpha value is -0.620. The van der Waals surface area contributed by atoms with Crippen molar-refractivity contribution in [3.63, 3.8) is 0 Å². The molecule has 0 aliphatic carbocycles. The number of ether oxygens (including phenoxy) is 1. The van der Waals surface area contributed by atoms with Crippen LogP contribution >= 0.6 is 11.8 Å². The molecule has 5 heteroatoms. The number of hydrogen-bond donors (Lipinski definition) is 2. The van der Waals surface area contributed by atoms with E-state index in [9.17, 15) is 5.11 Å². The molecule has 0 bridgehead atoms. The lowest BCUT2D eigenvalue weighted by molar-refractivity contribution is 0.167. The van der Waals surface area contributed by atoms with E-state index in [0.717, 1.165) is 4.90 Å². The molecule has 1 aromatic rings. The average molecular weight is 228 g/mol. The van der Waals surface area contributed by atoms with Crippen molar-refractivity contribution in [1.29, 1.82) is 0 Å². The lowest BCUT2D eigenvalue weighted by atomic mass is 10.2. The van der Waals surface area contributed by atoms with Gasteiger partial charge in [-0.2, -0.15) is 0 Å². The van der Waals surface area contributed by atoms with Crippen LogP contribution in [-0.4, -0.2) is 41.7 Å². The molecule has 0 aromatic carbocycles. The van der Waals surface area contributed by atoms with Crippen LogP contribution in [0.25, 0.3) is 0 Å². The zero-order valence-electron chi connectivity index (χ0n) is 8.67. The van der Waals surface area contributed by atoms with Crippen LogP contribution in [0.1, 0.15) is 0 Å². The minimum atomic E-state index is -0.168.